The Bertz CT molecular complexity index is 1270. The topological polar surface area (TPSA) is 95.5 Å². The molecule has 33 heavy (non-hydrogen) atoms. The molecule has 0 aliphatic carbocycles. The number of amides is 1. The molecule has 1 aromatic heterocycles. The van der Waals surface area contributed by atoms with Gasteiger partial charge >= 0.3 is 0 Å². The van der Waals surface area contributed by atoms with Gasteiger partial charge in [-0.15, -0.1) is 0 Å². The van der Waals surface area contributed by atoms with Gasteiger partial charge in [0.2, 0.25) is 15.9 Å². The van der Waals surface area contributed by atoms with Crippen LogP contribution in [0, 0.1) is 6.92 Å². The number of carbonyl (C=O) groups is 1. The molecule has 1 aliphatic heterocycles. The van der Waals surface area contributed by atoms with Gasteiger partial charge in [-0.25, -0.2) is 18.4 Å². The molecule has 1 N–H and O–H groups in total. The lowest BCUT2D eigenvalue weighted by Gasteiger charge is -2.26. The van der Waals surface area contributed by atoms with E-state index in [2.05, 4.69) is 15.3 Å². The van der Waals surface area contributed by atoms with Crippen molar-refractivity contribution in [3.63, 3.8) is 0 Å². The standard InChI is InChI=1S/C24H29N5O3S/c1-4-28(5-2)33(31,32)22-15-18(13-12-17(22)3)27-24(30)21-11-8-14-29(21)23-19-9-6-7-10-20(19)25-16-26-23/h6-7,9-10,12-13,15-16,21H,4-5,8,11,14H2,1-3H3,(H,27,30)/t21-/m1/s1. The molecule has 1 saturated heterocycles. The van der Waals surface area contributed by atoms with Gasteiger partial charge in [-0.2, -0.15) is 4.31 Å². The highest BCUT2D eigenvalue weighted by Crippen LogP contribution is 2.30. The zero-order valence-corrected chi connectivity index (χ0v) is 20.0. The molecule has 8 nitrogen and oxygen atoms in total. The van der Waals surface area contributed by atoms with Crippen LogP contribution in [-0.4, -0.2) is 54.3 Å². The number of carbonyl (C=O) groups excluding carboxylic acids is 1. The largest absolute Gasteiger partial charge is 0.344 e. The number of fused-ring (bicyclic) bond motifs is 1. The average Bonchev–Trinajstić information content (AvgIpc) is 3.30. The van der Waals surface area contributed by atoms with Crippen molar-refractivity contribution in [1.82, 2.24) is 14.3 Å². The quantitative estimate of drug-likeness (QED) is 0.571. The molecule has 0 saturated carbocycles. The van der Waals surface area contributed by atoms with Gasteiger partial charge in [-0.1, -0.05) is 32.0 Å². The lowest BCUT2D eigenvalue weighted by molar-refractivity contribution is -0.117. The van der Waals surface area contributed by atoms with Crippen molar-refractivity contribution >= 4 is 38.3 Å². The van der Waals surface area contributed by atoms with Gasteiger partial charge in [0, 0.05) is 30.7 Å². The third kappa shape index (κ3) is 4.43. The van der Waals surface area contributed by atoms with Crippen molar-refractivity contribution in [2.24, 2.45) is 0 Å². The second-order valence-electron chi connectivity index (χ2n) is 8.12. The number of nitrogens with one attached hydrogen (secondary N) is 1. The molecule has 4 rings (SSSR count). The van der Waals surface area contributed by atoms with Crippen LogP contribution >= 0.6 is 0 Å². The molecule has 2 heterocycles. The molecule has 9 heteroatoms. The molecule has 1 aliphatic rings. The van der Waals surface area contributed by atoms with Crippen molar-refractivity contribution in [2.75, 3.05) is 29.9 Å². The summed E-state index contributed by atoms with van der Waals surface area (Å²) < 4.78 is 27.5. The summed E-state index contributed by atoms with van der Waals surface area (Å²) in [5.74, 6) is 0.567. The van der Waals surface area contributed by atoms with Crippen LogP contribution in [0.3, 0.4) is 0 Å². The molecule has 1 atom stereocenters. The predicted molar refractivity (Wildman–Crippen MR) is 130 cm³/mol. The summed E-state index contributed by atoms with van der Waals surface area (Å²) in [7, 11) is -3.63. The Hall–Kier alpha value is -3.04. The Kier molecular flexibility index (Phi) is 6.62. The number of para-hydroxylation sites is 1. The first-order valence-corrected chi connectivity index (χ1v) is 12.7. The van der Waals surface area contributed by atoms with E-state index < -0.39 is 16.1 Å². The minimum Gasteiger partial charge on any atom is -0.344 e. The first kappa shape index (κ1) is 23.1. The van der Waals surface area contributed by atoms with Crippen molar-refractivity contribution < 1.29 is 13.2 Å². The zero-order valence-electron chi connectivity index (χ0n) is 19.2. The smallest absolute Gasteiger partial charge is 0.247 e. The van der Waals surface area contributed by atoms with Gasteiger partial charge in [0.05, 0.1) is 10.4 Å². The fourth-order valence-electron chi connectivity index (χ4n) is 4.40. The van der Waals surface area contributed by atoms with E-state index in [4.69, 9.17) is 0 Å². The maximum absolute atomic E-state index is 13.3. The molecule has 1 fully saturated rings. The molecule has 174 valence electrons. The van der Waals surface area contributed by atoms with Crippen molar-refractivity contribution in [2.45, 2.75) is 44.6 Å². The highest BCUT2D eigenvalue weighted by molar-refractivity contribution is 7.89. The molecule has 2 aromatic carbocycles. The number of benzene rings is 2. The summed E-state index contributed by atoms with van der Waals surface area (Å²) in [6.07, 6.45) is 3.09. The van der Waals surface area contributed by atoms with E-state index in [1.807, 2.05) is 43.0 Å². The van der Waals surface area contributed by atoms with E-state index in [1.165, 1.54) is 10.6 Å². The Morgan fingerprint density at radius 1 is 1.15 bits per heavy atom. The van der Waals surface area contributed by atoms with Gasteiger partial charge in [0.15, 0.2) is 0 Å². The van der Waals surface area contributed by atoms with E-state index in [-0.39, 0.29) is 10.8 Å². The van der Waals surface area contributed by atoms with Crippen molar-refractivity contribution in [1.29, 1.82) is 0 Å². The maximum Gasteiger partial charge on any atom is 0.247 e. The number of hydrogen-bond donors (Lipinski definition) is 1. The number of nitrogens with zero attached hydrogens (tertiary/aromatic N) is 4. The fraction of sp³-hybridized carbons (Fsp3) is 0.375. The van der Waals surface area contributed by atoms with Gasteiger partial charge in [-0.05, 0) is 49.6 Å². The van der Waals surface area contributed by atoms with Gasteiger partial charge in [-0.3, -0.25) is 4.79 Å². The molecule has 3 aromatic rings. The van der Waals surface area contributed by atoms with Crippen LogP contribution in [0.1, 0.15) is 32.3 Å². The summed E-state index contributed by atoms with van der Waals surface area (Å²) in [5.41, 5.74) is 1.95. The monoisotopic (exact) mass is 467 g/mol. The molecule has 0 unspecified atom stereocenters. The maximum atomic E-state index is 13.3. The van der Waals surface area contributed by atoms with Crippen LogP contribution in [0.25, 0.3) is 10.9 Å². The zero-order chi connectivity index (χ0) is 23.6. The van der Waals surface area contributed by atoms with Gasteiger partial charge in [0.25, 0.3) is 0 Å². The van der Waals surface area contributed by atoms with Crippen LogP contribution in [0.15, 0.2) is 53.7 Å². The number of sulfonamides is 1. The number of rotatable bonds is 7. The van der Waals surface area contributed by atoms with Crippen LogP contribution in [0.5, 0.6) is 0 Å². The SMILES string of the molecule is CCN(CC)S(=O)(=O)c1cc(NC(=O)[C@H]2CCCN2c2ncnc3ccccc23)ccc1C. The highest BCUT2D eigenvalue weighted by Gasteiger charge is 2.33. The Morgan fingerprint density at radius 3 is 2.67 bits per heavy atom. The summed E-state index contributed by atoms with van der Waals surface area (Å²) in [4.78, 5) is 24.3. The second kappa shape index (κ2) is 9.44. The van der Waals surface area contributed by atoms with Gasteiger partial charge < -0.3 is 10.2 Å². The van der Waals surface area contributed by atoms with Crippen LogP contribution < -0.4 is 10.2 Å². The minimum atomic E-state index is -3.63. The molecule has 0 radical (unpaired) electrons. The third-order valence-electron chi connectivity index (χ3n) is 6.13. The molecular weight excluding hydrogens is 438 g/mol. The van der Waals surface area contributed by atoms with Crippen molar-refractivity contribution in [3.8, 4) is 0 Å². The van der Waals surface area contributed by atoms with E-state index in [9.17, 15) is 13.2 Å². The first-order valence-electron chi connectivity index (χ1n) is 11.2. The van der Waals surface area contributed by atoms with Gasteiger partial charge in [0.1, 0.15) is 18.2 Å². The van der Waals surface area contributed by atoms with E-state index >= 15 is 0 Å². The predicted octanol–water partition coefficient (Wildman–Crippen LogP) is 3.58. The lowest BCUT2D eigenvalue weighted by atomic mass is 10.1. The lowest BCUT2D eigenvalue weighted by Crippen LogP contribution is -2.40. The Labute approximate surface area is 194 Å². The Balaban J connectivity index is 1.61. The van der Waals surface area contributed by atoms with E-state index in [1.54, 1.807) is 25.1 Å². The minimum absolute atomic E-state index is 0.176. The summed E-state index contributed by atoms with van der Waals surface area (Å²) >= 11 is 0. The highest BCUT2D eigenvalue weighted by atomic mass is 32.2. The average molecular weight is 468 g/mol. The normalized spacial score (nSPS) is 16.5. The molecule has 0 bridgehead atoms. The summed E-state index contributed by atoms with van der Waals surface area (Å²) in [6, 6.07) is 12.4. The summed E-state index contributed by atoms with van der Waals surface area (Å²) in [5, 5.41) is 3.84. The first-order chi connectivity index (χ1) is 15.9. The molecule has 1 amide bonds. The van der Waals surface area contributed by atoms with Crippen LogP contribution in [-0.2, 0) is 14.8 Å². The summed E-state index contributed by atoms with van der Waals surface area (Å²) in [6.45, 7) is 6.88. The number of aromatic nitrogens is 2. The van der Waals surface area contributed by atoms with E-state index in [0.717, 1.165) is 23.1 Å². The number of hydrogen-bond acceptors (Lipinski definition) is 6. The molecular formula is C24H29N5O3S. The van der Waals surface area contributed by atoms with Crippen molar-refractivity contribution in [3.05, 3.63) is 54.4 Å². The fourth-order valence-corrected chi connectivity index (χ4v) is 6.11. The van der Waals surface area contributed by atoms with Crippen LogP contribution in [0.2, 0.25) is 0 Å². The second-order valence-corrected chi connectivity index (χ2v) is 10.0. The number of anilines is 2. The molecule has 0 spiro atoms. The number of aryl methyl sites for hydroxylation is 1. The van der Waals surface area contributed by atoms with Crippen LogP contribution in [0.4, 0.5) is 11.5 Å². The van der Waals surface area contributed by atoms with E-state index in [0.29, 0.717) is 37.3 Å². The Morgan fingerprint density at radius 2 is 1.91 bits per heavy atom. The third-order valence-corrected chi connectivity index (χ3v) is 8.32.